The van der Waals surface area contributed by atoms with E-state index in [1.165, 1.54) is 0 Å². The molecule has 3 aromatic rings. The summed E-state index contributed by atoms with van der Waals surface area (Å²) in [6.45, 7) is 5.12. The van der Waals surface area contributed by atoms with Gasteiger partial charge in [-0.15, -0.1) is 0 Å². The van der Waals surface area contributed by atoms with E-state index in [2.05, 4.69) is 23.5 Å². The van der Waals surface area contributed by atoms with Gasteiger partial charge in [0.2, 0.25) is 11.8 Å². The van der Waals surface area contributed by atoms with Gasteiger partial charge in [0, 0.05) is 19.1 Å². The smallest absolute Gasteiger partial charge is 0.332 e. The minimum absolute atomic E-state index is 0.0162. The first-order valence-electron chi connectivity index (χ1n) is 12.3. The van der Waals surface area contributed by atoms with Crippen LogP contribution in [0.15, 0.2) is 72.8 Å². The summed E-state index contributed by atoms with van der Waals surface area (Å²) in [5, 5.41) is 8.66. The third-order valence-corrected chi connectivity index (χ3v) is 6.87. The molecular weight excluding hydrogens is 454 g/mol. The van der Waals surface area contributed by atoms with Crippen molar-refractivity contribution in [1.82, 2.24) is 25.1 Å². The van der Waals surface area contributed by atoms with Crippen molar-refractivity contribution < 1.29 is 14.4 Å². The number of nitrogens with one attached hydrogen (secondary N) is 1. The van der Waals surface area contributed by atoms with Gasteiger partial charge in [0.25, 0.3) is 0 Å². The fraction of sp³-hybridized carbons (Fsp3) is 0.321. The Labute approximate surface area is 211 Å². The fourth-order valence-electron chi connectivity index (χ4n) is 5.10. The monoisotopic (exact) mass is 485 g/mol. The Morgan fingerprint density at radius 1 is 0.944 bits per heavy atom. The van der Waals surface area contributed by atoms with E-state index in [-0.39, 0.29) is 37.0 Å². The largest absolute Gasteiger partial charge is 0.333 e. The highest BCUT2D eigenvalue weighted by atomic mass is 16.2. The minimum Gasteiger partial charge on any atom is -0.333 e. The van der Waals surface area contributed by atoms with Crippen molar-refractivity contribution in [1.29, 1.82) is 0 Å². The van der Waals surface area contributed by atoms with Gasteiger partial charge in [-0.05, 0) is 35.7 Å². The van der Waals surface area contributed by atoms with Crippen LogP contribution in [-0.4, -0.2) is 69.5 Å². The highest BCUT2D eigenvalue weighted by Gasteiger charge is 2.47. The van der Waals surface area contributed by atoms with Gasteiger partial charge < -0.3 is 15.1 Å². The van der Waals surface area contributed by atoms with E-state index >= 15 is 0 Å². The number of carbonyl (C=O) groups excluding carboxylic acids is 3. The third-order valence-electron chi connectivity index (χ3n) is 6.87. The molecule has 2 aliphatic heterocycles. The summed E-state index contributed by atoms with van der Waals surface area (Å²) in [6.07, 6.45) is -0.393. The second-order valence-electron chi connectivity index (χ2n) is 9.59. The molecule has 186 valence electrons. The predicted octanol–water partition coefficient (Wildman–Crippen LogP) is 3.19. The highest BCUT2D eigenvalue weighted by Crippen LogP contribution is 2.27. The van der Waals surface area contributed by atoms with Gasteiger partial charge >= 0.3 is 6.03 Å². The average molecular weight is 486 g/mol. The number of urea groups is 1. The van der Waals surface area contributed by atoms with Gasteiger partial charge in [0.1, 0.15) is 12.7 Å². The molecule has 8 nitrogen and oxygen atoms in total. The van der Waals surface area contributed by atoms with Gasteiger partial charge in [0.05, 0.1) is 13.1 Å². The number of fused-ring (bicyclic) bond motifs is 2. The SMILES string of the molecule is CC(C)N(C(=O)NCc1ccccc1)N1CC(=O)N2CC(=O)N(Cc3cccc4ccccc34)C[C@@H]21. The molecular formula is C28H31N5O3. The summed E-state index contributed by atoms with van der Waals surface area (Å²) in [4.78, 5) is 42.6. The summed E-state index contributed by atoms with van der Waals surface area (Å²) in [5.41, 5.74) is 2.06. The van der Waals surface area contributed by atoms with E-state index in [4.69, 9.17) is 0 Å². The number of hydrogen-bond acceptors (Lipinski definition) is 4. The molecule has 0 radical (unpaired) electrons. The molecule has 0 saturated carbocycles. The Balaban J connectivity index is 1.35. The van der Waals surface area contributed by atoms with Crippen molar-refractivity contribution in [2.24, 2.45) is 0 Å². The maximum absolute atomic E-state index is 13.3. The van der Waals surface area contributed by atoms with Gasteiger partial charge in [-0.2, -0.15) is 5.01 Å². The molecule has 8 heteroatoms. The van der Waals surface area contributed by atoms with Crippen LogP contribution in [0.1, 0.15) is 25.0 Å². The van der Waals surface area contributed by atoms with Gasteiger partial charge in [0.15, 0.2) is 0 Å². The number of rotatable bonds is 6. The van der Waals surface area contributed by atoms with Crippen LogP contribution in [0.2, 0.25) is 0 Å². The zero-order valence-electron chi connectivity index (χ0n) is 20.6. The molecule has 4 amide bonds. The summed E-state index contributed by atoms with van der Waals surface area (Å²) >= 11 is 0. The fourth-order valence-corrected chi connectivity index (χ4v) is 5.10. The molecule has 0 spiro atoms. The van der Waals surface area contributed by atoms with Gasteiger partial charge in [-0.1, -0.05) is 72.8 Å². The van der Waals surface area contributed by atoms with E-state index in [9.17, 15) is 14.4 Å². The molecule has 0 unspecified atom stereocenters. The summed E-state index contributed by atoms with van der Waals surface area (Å²) in [7, 11) is 0. The maximum atomic E-state index is 13.3. The molecule has 2 heterocycles. The Hall–Kier alpha value is -3.91. The highest BCUT2D eigenvalue weighted by molar-refractivity contribution is 5.90. The molecule has 0 aromatic heterocycles. The summed E-state index contributed by atoms with van der Waals surface area (Å²) in [6, 6.07) is 23.5. The van der Waals surface area contributed by atoms with Gasteiger partial charge in [-0.25, -0.2) is 4.79 Å². The van der Waals surface area contributed by atoms with E-state index in [1.807, 2.05) is 73.5 Å². The van der Waals surface area contributed by atoms with Crippen LogP contribution in [-0.2, 0) is 22.7 Å². The van der Waals surface area contributed by atoms with Crippen molar-refractivity contribution >= 4 is 28.6 Å². The molecule has 3 aromatic carbocycles. The zero-order chi connectivity index (χ0) is 25.2. The second kappa shape index (κ2) is 9.99. The summed E-state index contributed by atoms with van der Waals surface area (Å²) in [5.74, 6) is -0.223. The lowest BCUT2D eigenvalue weighted by molar-refractivity contribution is -0.150. The molecule has 36 heavy (non-hydrogen) atoms. The molecule has 0 bridgehead atoms. The van der Waals surface area contributed by atoms with Crippen LogP contribution in [0.3, 0.4) is 0 Å². The number of hydrazine groups is 1. The van der Waals surface area contributed by atoms with Crippen molar-refractivity contribution in [3.63, 3.8) is 0 Å². The lowest BCUT2D eigenvalue weighted by Gasteiger charge is -2.44. The zero-order valence-corrected chi connectivity index (χ0v) is 20.6. The van der Waals surface area contributed by atoms with Crippen molar-refractivity contribution in [3.05, 3.63) is 83.9 Å². The number of nitrogens with zero attached hydrogens (tertiary/aromatic N) is 4. The Kier molecular flexibility index (Phi) is 6.61. The van der Waals surface area contributed by atoms with Crippen LogP contribution in [0, 0.1) is 0 Å². The van der Waals surface area contributed by atoms with Crippen molar-refractivity contribution in [2.75, 3.05) is 19.6 Å². The lowest BCUT2D eigenvalue weighted by Crippen LogP contribution is -2.63. The lowest BCUT2D eigenvalue weighted by atomic mass is 10.0. The molecule has 2 fully saturated rings. The van der Waals surface area contributed by atoms with Crippen molar-refractivity contribution in [3.8, 4) is 0 Å². The van der Waals surface area contributed by atoms with Crippen molar-refractivity contribution in [2.45, 2.75) is 39.1 Å². The molecule has 1 N–H and O–H groups in total. The van der Waals surface area contributed by atoms with E-state index in [1.54, 1.807) is 14.8 Å². The molecule has 2 saturated heterocycles. The standard InChI is InChI=1S/C28H31N5O3/c1-20(2)33(28(36)29-15-21-9-4-3-5-10-21)32-19-27(35)31-18-26(34)30(17-25(31)32)16-23-13-8-12-22-11-6-7-14-24(22)23/h3-14,20,25H,15-19H2,1-2H3,(H,29,36)/t25-/m0/s1. The number of benzene rings is 3. The molecule has 2 aliphatic rings. The molecule has 1 atom stereocenters. The molecule has 5 rings (SSSR count). The Morgan fingerprint density at radius 3 is 2.44 bits per heavy atom. The first kappa shape index (κ1) is 23.8. The first-order valence-corrected chi connectivity index (χ1v) is 12.3. The quantitative estimate of drug-likeness (QED) is 0.582. The molecule has 0 aliphatic carbocycles. The van der Waals surface area contributed by atoms with Crippen LogP contribution >= 0.6 is 0 Å². The average Bonchev–Trinajstić information content (AvgIpc) is 3.18. The Bertz CT molecular complexity index is 1270. The van der Waals surface area contributed by atoms with Crippen LogP contribution in [0.5, 0.6) is 0 Å². The second-order valence-corrected chi connectivity index (χ2v) is 9.59. The first-order chi connectivity index (χ1) is 17.4. The van der Waals surface area contributed by atoms with Crippen LogP contribution < -0.4 is 5.32 Å². The van der Waals surface area contributed by atoms with E-state index in [0.29, 0.717) is 19.6 Å². The number of piperazine rings is 1. The third kappa shape index (κ3) is 4.64. The normalized spacial score (nSPS) is 18.1. The summed E-state index contributed by atoms with van der Waals surface area (Å²) < 4.78 is 0. The van der Waals surface area contributed by atoms with Gasteiger partial charge in [-0.3, -0.25) is 14.6 Å². The maximum Gasteiger partial charge on any atom is 0.332 e. The topological polar surface area (TPSA) is 76.2 Å². The van der Waals surface area contributed by atoms with E-state index < -0.39 is 6.17 Å². The van der Waals surface area contributed by atoms with Crippen LogP contribution in [0.4, 0.5) is 4.79 Å². The Morgan fingerprint density at radius 2 is 1.67 bits per heavy atom. The number of hydrogen-bond donors (Lipinski definition) is 1. The predicted molar refractivity (Wildman–Crippen MR) is 137 cm³/mol. The van der Waals surface area contributed by atoms with E-state index in [0.717, 1.165) is 21.9 Å². The minimum atomic E-state index is -0.393. The van der Waals surface area contributed by atoms with Crippen LogP contribution in [0.25, 0.3) is 10.8 Å². The number of amides is 4. The number of carbonyl (C=O) groups is 3.